The number of likely N-dealkylation sites (tertiary alicyclic amines) is 1. The summed E-state index contributed by atoms with van der Waals surface area (Å²) in [6, 6.07) is 0.583. The summed E-state index contributed by atoms with van der Waals surface area (Å²) in [5.41, 5.74) is 5.60. The lowest BCUT2D eigenvalue weighted by molar-refractivity contribution is 0.365. The number of nitrogens with one attached hydrogen (secondary N) is 1. The third-order valence-electron chi connectivity index (χ3n) is 3.16. The molecule has 2 atom stereocenters. The SMILES string of the molecule is CN1CCC(NC2(C)C=NC(N)=CC2)C1.Cl.Cl.Cl. The zero-order valence-corrected chi connectivity index (χ0v) is 13.2. The first kappa shape index (κ1) is 20.3. The number of hydrogen-bond acceptors (Lipinski definition) is 4. The molecule has 0 aromatic carbocycles. The fraction of sp³-hybridized carbons (Fsp3) is 0.727. The minimum atomic E-state index is -0.0152. The Morgan fingerprint density at radius 3 is 2.56 bits per heavy atom. The molecule has 2 aliphatic rings. The Morgan fingerprint density at radius 2 is 2.11 bits per heavy atom. The lowest BCUT2D eigenvalue weighted by Gasteiger charge is -2.31. The summed E-state index contributed by atoms with van der Waals surface area (Å²) in [5, 5.41) is 3.65. The van der Waals surface area contributed by atoms with Gasteiger partial charge in [0, 0.05) is 18.8 Å². The molecule has 4 nitrogen and oxygen atoms in total. The van der Waals surface area contributed by atoms with Crippen molar-refractivity contribution in [2.24, 2.45) is 10.7 Å². The fourth-order valence-electron chi connectivity index (χ4n) is 2.25. The molecule has 0 spiro atoms. The van der Waals surface area contributed by atoms with Crippen molar-refractivity contribution < 1.29 is 0 Å². The average molecular weight is 318 g/mol. The molecule has 2 rings (SSSR count). The quantitative estimate of drug-likeness (QED) is 0.813. The van der Waals surface area contributed by atoms with Gasteiger partial charge in [0.25, 0.3) is 0 Å². The molecule has 0 amide bonds. The highest BCUT2D eigenvalue weighted by Crippen LogP contribution is 2.17. The van der Waals surface area contributed by atoms with Crippen molar-refractivity contribution in [3.8, 4) is 0 Å². The Kier molecular flexibility index (Phi) is 9.29. The van der Waals surface area contributed by atoms with Crippen LogP contribution >= 0.6 is 37.2 Å². The van der Waals surface area contributed by atoms with Crippen molar-refractivity contribution in [1.82, 2.24) is 10.2 Å². The van der Waals surface area contributed by atoms with Crippen molar-refractivity contribution in [3.63, 3.8) is 0 Å². The number of nitrogens with zero attached hydrogens (tertiary/aromatic N) is 2. The van der Waals surface area contributed by atoms with Crippen LogP contribution in [0.5, 0.6) is 0 Å². The van der Waals surface area contributed by atoms with Crippen LogP contribution in [0.3, 0.4) is 0 Å². The molecule has 0 saturated carbocycles. The van der Waals surface area contributed by atoms with Gasteiger partial charge in [0.05, 0.1) is 5.54 Å². The number of halogens is 3. The molecule has 2 unspecified atom stereocenters. The molecule has 0 aromatic rings. The van der Waals surface area contributed by atoms with Gasteiger partial charge in [-0.25, -0.2) is 4.99 Å². The molecule has 2 heterocycles. The molecule has 7 heteroatoms. The number of likely N-dealkylation sites (N-methyl/N-ethyl adjacent to an activating group) is 1. The molecule has 3 N–H and O–H groups in total. The van der Waals surface area contributed by atoms with Gasteiger partial charge in [0.2, 0.25) is 0 Å². The maximum absolute atomic E-state index is 5.61. The Bertz CT molecular complexity index is 309. The first-order chi connectivity index (χ1) is 7.07. The summed E-state index contributed by atoms with van der Waals surface area (Å²) in [6.07, 6.45) is 6.09. The van der Waals surface area contributed by atoms with Crippen LogP contribution in [-0.2, 0) is 0 Å². The summed E-state index contributed by atoms with van der Waals surface area (Å²) >= 11 is 0. The molecule has 0 aromatic heterocycles. The first-order valence-electron chi connectivity index (χ1n) is 5.54. The van der Waals surface area contributed by atoms with E-state index in [0.717, 1.165) is 13.0 Å². The van der Waals surface area contributed by atoms with E-state index in [-0.39, 0.29) is 42.8 Å². The average Bonchev–Trinajstić information content (AvgIpc) is 2.57. The topological polar surface area (TPSA) is 53.6 Å². The lowest BCUT2D eigenvalue weighted by atomic mass is 9.96. The second-order valence-corrected chi connectivity index (χ2v) is 4.90. The second-order valence-electron chi connectivity index (χ2n) is 4.90. The molecule has 0 bridgehead atoms. The van der Waals surface area contributed by atoms with E-state index in [1.807, 2.05) is 12.3 Å². The maximum atomic E-state index is 5.61. The van der Waals surface area contributed by atoms with Crippen molar-refractivity contribution >= 4 is 43.4 Å². The molecule has 0 radical (unpaired) electrons. The highest BCUT2D eigenvalue weighted by Gasteiger charge is 2.29. The van der Waals surface area contributed by atoms with Gasteiger partial charge < -0.3 is 16.0 Å². The normalized spacial score (nSPS) is 30.8. The van der Waals surface area contributed by atoms with E-state index in [0.29, 0.717) is 11.9 Å². The van der Waals surface area contributed by atoms with Crippen LogP contribution in [0.2, 0.25) is 0 Å². The molecule has 0 aliphatic carbocycles. The van der Waals surface area contributed by atoms with E-state index < -0.39 is 0 Å². The minimum Gasteiger partial charge on any atom is -0.384 e. The third kappa shape index (κ3) is 5.33. The van der Waals surface area contributed by atoms with Gasteiger partial charge in [0.15, 0.2) is 0 Å². The Balaban J connectivity index is 0. The minimum absolute atomic E-state index is 0. The zero-order chi connectivity index (χ0) is 10.9. The number of nitrogens with two attached hydrogens (primary N) is 1. The van der Waals surface area contributed by atoms with Crippen molar-refractivity contribution in [3.05, 3.63) is 11.9 Å². The van der Waals surface area contributed by atoms with Crippen LogP contribution in [-0.4, -0.2) is 42.8 Å². The van der Waals surface area contributed by atoms with Crippen LogP contribution in [0.15, 0.2) is 16.9 Å². The van der Waals surface area contributed by atoms with Gasteiger partial charge in [0.1, 0.15) is 5.82 Å². The van der Waals surface area contributed by atoms with E-state index >= 15 is 0 Å². The Labute approximate surface area is 128 Å². The van der Waals surface area contributed by atoms with Gasteiger partial charge in [-0.3, -0.25) is 0 Å². The largest absolute Gasteiger partial charge is 0.384 e. The van der Waals surface area contributed by atoms with E-state index in [2.05, 4.69) is 29.2 Å². The first-order valence-corrected chi connectivity index (χ1v) is 5.54. The summed E-state index contributed by atoms with van der Waals surface area (Å²) < 4.78 is 0. The van der Waals surface area contributed by atoms with Gasteiger partial charge in [-0.05, 0) is 39.4 Å². The Morgan fingerprint density at radius 1 is 1.44 bits per heavy atom. The van der Waals surface area contributed by atoms with E-state index in [4.69, 9.17) is 5.73 Å². The number of aliphatic imine (C=N–C) groups is 1. The standard InChI is InChI=1S/C11H20N4.3ClH/c1-11(5-3-10(12)13-8-11)14-9-4-6-15(2)7-9;;;/h3,8-9,14H,4-7,12H2,1-2H3;3*1H. The van der Waals surface area contributed by atoms with Crippen molar-refractivity contribution in [2.45, 2.75) is 31.3 Å². The molecule has 2 aliphatic heterocycles. The monoisotopic (exact) mass is 316 g/mol. The summed E-state index contributed by atoms with van der Waals surface area (Å²) in [5.74, 6) is 0.637. The van der Waals surface area contributed by atoms with Crippen LogP contribution in [0.1, 0.15) is 19.8 Å². The fourth-order valence-corrected chi connectivity index (χ4v) is 2.25. The third-order valence-corrected chi connectivity index (χ3v) is 3.16. The predicted molar refractivity (Wildman–Crippen MR) is 84.6 cm³/mol. The highest BCUT2D eigenvalue weighted by molar-refractivity contribution is 5.86. The molecule has 18 heavy (non-hydrogen) atoms. The van der Waals surface area contributed by atoms with Gasteiger partial charge in [-0.1, -0.05) is 0 Å². The molecular weight excluding hydrogens is 295 g/mol. The van der Waals surface area contributed by atoms with Gasteiger partial charge in [-0.2, -0.15) is 0 Å². The summed E-state index contributed by atoms with van der Waals surface area (Å²) in [7, 11) is 2.16. The van der Waals surface area contributed by atoms with Crippen LogP contribution < -0.4 is 11.1 Å². The van der Waals surface area contributed by atoms with Gasteiger partial charge >= 0.3 is 0 Å². The Hall–Kier alpha value is -0.000000000000000111. The lowest BCUT2D eigenvalue weighted by Crippen LogP contribution is -2.50. The molecule has 1 saturated heterocycles. The second kappa shape index (κ2) is 8.23. The molecule has 1 fully saturated rings. The number of hydrogen-bond donors (Lipinski definition) is 2. The highest BCUT2D eigenvalue weighted by atomic mass is 35.5. The summed E-state index contributed by atoms with van der Waals surface area (Å²) in [4.78, 5) is 6.53. The van der Waals surface area contributed by atoms with E-state index in [1.54, 1.807) is 0 Å². The molecule has 108 valence electrons. The van der Waals surface area contributed by atoms with Crippen molar-refractivity contribution in [1.29, 1.82) is 0 Å². The van der Waals surface area contributed by atoms with E-state index in [1.165, 1.54) is 13.0 Å². The summed E-state index contributed by atoms with van der Waals surface area (Å²) in [6.45, 7) is 4.49. The number of rotatable bonds is 2. The van der Waals surface area contributed by atoms with Crippen LogP contribution in [0, 0.1) is 0 Å². The zero-order valence-electron chi connectivity index (χ0n) is 10.8. The smallest absolute Gasteiger partial charge is 0.118 e. The van der Waals surface area contributed by atoms with Crippen molar-refractivity contribution in [2.75, 3.05) is 20.1 Å². The van der Waals surface area contributed by atoms with Crippen LogP contribution in [0.25, 0.3) is 0 Å². The maximum Gasteiger partial charge on any atom is 0.118 e. The predicted octanol–water partition coefficient (Wildman–Crippen LogP) is 1.58. The van der Waals surface area contributed by atoms with Gasteiger partial charge in [-0.15, -0.1) is 37.2 Å². The van der Waals surface area contributed by atoms with Crippen LogP contribution in [0.4, 0.5) is 0 Å². The van der Waals surface area contributed by atoms with E-state index in [9.17, 15) is 0 Å². The molecular formula is C11H23Cl3N4.